The molecule has 3 rings (SSSR count). The van der Waals surface area contributed by atoms with E-state index in [4.69, 9.17) is 25.8 Å². The van der Waals surface area contributed by atoms with Crippen molar-refractivity contribution in [3.8, 4) is 17.2 Å². The van der Waals surface area contributed by atoms with Crippen LogP contribution in [0.25, 0.3) is 0 Å². The minimum Gasteiger partial charge on any atom is -0.493 e. The third-order valence-electron chi connectivity index (χ3n) is 3.20. The molecule has 0 radical (unpaired) electrons. The largest absolute Gasteiger partial charge is 0.493 e. The second-order valence-corrected chi connectivity index (χ2v) is 4.79. The third-order valence-corrected chi connectivity index (χ3v) is 3.54. The van der Waals surface area contributed by atoms with Crippen molar-refractivity contribution < 1.29 is 19.3 Å². The number of rotatable bonds is 3. The highest BCUT2D eigenvalue weighted by molar-refractivity contribution is 6.31. The fourth-order valence-corrected chi connectivity index (χ4v) is 2.42. The van der Waals surface area contributed by atoms with Gasteiger partial charge in [-0.05, 0) is 23.8 Å². The topological polar surface area (TPSA) is 47.9 Å². The molecule has 104 valence electrons. The Morgan fingerprint density at radius 3 is 2.80 bits per heavy atom. The zero-order valence-corrected chi connectivity index (χ0v) is 11.6. The van der Waals surface area contributed by atoms with E-state index in [1.165, 1.54) is 0 Å². The van der Waals surface area contributed by atoms with Gasteiger partial charge in [-0.1, -0.05) is 29.8 Å². The van der Waals surface area contributed by atoms with Gasteiger partial charge in [0.2, 0.25) is 12.5 Å². The van der Waals surface area contributed by atoms with Crippen LogP contribution in [0, 0.1) is 0 Å². The zero-order chi connectivity index (χ0) is 14.1. The van der Waals surface area contributed by atoms with Crippen molar-refractivity contribution in [1.82, 2.24) is 0 Å². The fourth-order valence-electron chi connectivity index (χ4n) is 2.18. The van der Waals surface area contributed by atoms with Crippen LogP contribution >= 0.6 is 11.6 Å². The van der Waals surface area contributed by atoms with Gasteiger partial charge in [0, 0.05) is 10.6 Å². The Balaban J connectivity index is 2.04. The molecule has 0 aromatic heterocycles. The van der Waals surface area contributed by atoms with Crippen LogP contribution < -0.4 is 14.2 Å². The molecule has 0 saturated heterocycles. The molecule has 1 atom stereocenters. The molecule has 20 heavy (non-hydrogen) atoms. The molecule has 0 aliphatic carbocycles. The van der Waals surface area contributed by atoms with E-state index in [1.807, 2.05) is 12.1 Å². The summed E-state index contributed by atoms with van der Waals surface area (Å²) in [6.07, 6.45) is -0.855. The number of fused-ring (bicyclic) bond motifs is 1. The maximum absolute atomic E-state index is 10.5. The summed E-state index contributed by atoms with van der Waals surface area (Å²) < 4.78 is 15.9. The van der Waals surface area contributed by atoms with Crippen molar-refractivity contribution in [2.75, 3.05) is 13.9 Å². The van der Waals surface area contributed by atoms with Crippen LogP contribution in [0.5, 0.6) is 17.2 Å². The average molecular weight is 293 g/mol. The van der Waals surface area contributed by atoms with Crippen molar-refractivity contribution in [3.63, 3.8) is 0 Å². The molecule has 0 bridgehead atoms. The highest BCUT2D eigenvalue weighted by Crippen LogP contribution is 2.44. The lowest BCUT2D eigenvalue weighted by molar-refractivity contribution is 0.171. The van der Waals surface area contributed by atoms with Crippen molar-refractivity contribution >= 4 is 11.6 Å². The van der Waals surface area contributed by atoms with E-state index < -0.39 is 6.10 Å². The Hall–Kier alpha value is -1.91. The molecular weight excluding hydrogens is 280 g/mol. The van der Waals surface area contributed by atoms with E-state index in [-0.39, 0.29) is 6.79 Å². The number of hydrogen-bond acceptors (Lipinski definition) is 4. The number of methoxy groups -OCH3 is 1. The van der Waals surface area contributed by atoms with Gasteiger partial charge in [-0.2, -0.15) is 0 Å². The summed E-state index contributed by atoms with van der Waals surface area (Å²) in [6.45, 7) is 0.150. The first-order chi connectivity index (χ1) is 9.70. The molecule has 1 N–H and O–H groups in total. The van der Waals surface area contributed by atoms with Crippen LogP contribution in [0.3, 0.4) is 0 Å². The van der Waals surface area contributed by atoms with Crippen LogP contribution in [-0.2, 0) is 0 Å². The van der Waals surface area contributed by atoms with Crippen LogP contribution in [0.15, 0.2) is 36.4 Å². The molecule has 1 heterocycles. The molecule has 4 nitrogen and oxygen atoms in total. The summed E-state index contributed by atoms with van der Waals surface area (Å²) in [6, 6.07) is 10.6. The number of aliphatic hydroxyl groups excluding tert-OH is 1. The van der Waals surface area contributed by atoms with Gasteiger partial charge >= 0.3 is 0 Å². The van der Waals surface area contributed by atoms with Crippen molar-refractivity contribution in [2.24, 2.45) is 0 Å². The first-order valence-electron chi connectivity index (χ1n) is 6.10. The summed E-state index contributed by atoms with van der Waals surface area (Å²) in [5.41, 5.74) is 1.27. The summed E-state index contributed by atoms with van der Waals surface area (Å²) in [7, 11) is 1.54. The highest BCUT2D eigenvalue weighted by atomic mass is 35.5. The zero-order valence-electron chi connectivity index (χ0n) is 10.8. The minimum atomic E-state index is -0.855. The number of hydrogen-bond donors (Lipinski definition) is 1. The number of aliphatic hydroxyl groups is 1. The molecule has 2 aromatic carbocycles. The summed E-state index contributed by atoms with van der Waals surface area (Å²) in [5.74, 6) is 1.65. The molecule has 1 aliphatic rings. The van der Waals surface area contributed by atoms with Gasteiger partial charge in [-0.25, -0.2) is 0 Å². The fraction of sp³-hybridized carbons (Fsp3) is 0.200. The van der Waals surface area contributed by atoms with Crippen molar-refractivity contribution in [2.45, 2.75) is 6.10 Å². The van der Waals surface area contributed by atoms with E-state index in [0.717, 1.165) is 0 Å². The maximum Gasteiger partial charge on any atom is 0.231 e. The molecule has 0 saturated carbocycles. The van der Waals surface area contributed by atoms with Gasteiger partial charge in [0.25, 0.3) is 0 Å². The van der Waals surface area contributed by atoms with E-state index in [9.17, 15) is 5.11 Å². The van der Waals surface area contributed by atoms with Gasteiger partial charge in [0.1, 0.15) is 6.10 Å². The molecule has 2 aromatic rings. The van der Waals surface area contributed by atoms with Crippen LogP contribution in [0.1, 0.15) is 17.2 Å². The lowest BCUT2D eigenvalue weighted by Gasteiger charge is -2.15. The van der Waals surface area contributed by atoms with Crippen LogP contribution in [0.2, 0.25) is 5.02 Å². The predicted molar refractivity (Wildman–Crippen MR) is 74.6 cm³/mol. The highest BCUT2D eigenvalue weighted by Gasteiger charge is 2.23. The van der Waals surface area contributed by atoms with Crippen molar-refractivity contribution in [3.05, 3.63) is 52.5 Å². The van der Waals surface area contributed by atoms with Crippen LogP contribution in [-0.4, -0.2) is 19.0 Å². The third kappa shape index (κ3) is 2.17. The smallest absolute Gasteiger partial charge is 0.231 e. The van der Waals surface area contributed by atoms with Crippen molar-refractivity contribution in [1.29, 1.82) is 0 Å². The minimum absolute atomic E-state index is 0.150. The predicted octanol–water partition coefficient (Wildman–Crippen LogP) is 3.16. The Morgan fingerprint density at radius 1 is 1.25 bits per heavy atom. The molecule has 0 fully saturated rings. The Bertz CT molecular complexity index is 642. The average Bonchev–Trinajstić information content (AvgIpc) is 2.94. The molecule has 0 amide bonds. The van der Waals surface area contributed by atoms with E-state index in [2.05, 4.69) is 0 Å². The standard InChI is InChI=1S/C15H13ClO4/c1-18-12-6-9(7-13-15(12)20-8-19-13)14(17)10-4-2-3-5-11(10)16/h2-7,14,17H,8H2,1H3. The Morgan fingerprint density at radius 2 is 2.05 bits per heavy atom. The second-order valence-electron chi connectivity index (χ2n) is 4.38. The van der Waals surface area contributed by atoms with E-state index in [0.29, 0.717) is 33.4 Å². The molecule has 5 heteroatoms. The van der Waals surface area contributed by atoms with Gasteiger partial charge < -0.3 is 19.3 Å². The number of halogens is 1. The SMILES string of the molecule is COc1cc(C(O)c2ccccc2Cl)cc2c1OCO2. The first-order valence-corrected chi connectivity index (χ1v) is 6.48. The molecule has 1 aliphatic heterocycles. The van der Waals surface area contributed by atoms with Gasteiger partial charge in [-0.3, -0.25) is 0 Å². The Labute approximate surface area is 121 Å². The first kappa shape index (κ1) is 13.1. The lowest BCUT2D eigenvalue weighted by Crippen LogP contribution is -2.01. The number of benzene rings is 2. The lowest BCUT2D eigenvalue weighted by atomic mass is 10.0. The van der Waals surface area contributed by atoms with Gasteiger partial charge in [0.15, 0.2) is 11.5 Å². The summed E-state index contributed by atoms with van der Waals surface area (Å²) >= 11 is 6.11. The van der Waals surface area contributed by atoms with Crippen LogP contribution in [0.4, 0.5) is 0 Å². The monoisotopic (exact) mass is 292 g/mol. The molecule has 1 unspecified atom stereocenters. The molecular formula is C15H13ClO4. The normalized spacial score (nSPS) is 14.2. The maximum atomic E-state index is 10.5. The summed E-state index contributed by atoms with van der Waals surface area (Å²) in [4.78, 5) is 0. The van der Waals surface area contributed by atoms with Gasteiger partial charge in [0.05, 0.1) is 7.11 Å². The molecule has 0 spiro atoms. The van der Waals surface area contributed by atoms with E-state index in [1.54, 1.807) is 31.4 Å². The summed E-state index contributed by atoms with van der Waals surface area (Å²) in [5, 5.41) is 11.0. The quantitative estimate of drug-likeness (QED) is 0.944. The van der Waals surface area contributed by atoms with Gasteiger partial charge in [-0.15, -0.1) is 0 Å². The Kier molecular flexibility index (Phi) is 3.42. The second kappa shape index (κ2) is 5.23. The van der Waals surface area contributed by atoms with E-state index >= 15 is 0 Å². The number of ether oxygens (including phenoxy) is 3.